The van der Waals surface area contributed by atoms with Gasteiger partial charge in [-0.05, 0) is 356 Å². The smallest absolute Gasteiger partial charge is 0.255 e. The first kappa shape index (κ1) is 109. The van der Waals surface area contributed by atoms with Crippen LogP contribution in [-0.4, -0.2) is 136 Å². The topological polar surface area (TPSA) is 384 Å². The molecule has 7 aliphatic rings. The number of rotatable bonds is 36. The van der Waals surface area contributed by atoms with E-state index in [0.717, 1.165) is 134 Å². The quantitative estimate of drug-likeness (QED) is 0.0169. The van der Waals surface area contributed by atoms with E-state index in [9.17, 15) is 63.3 Å². The summed E-state index contributed by atoms with van der Waals surface area (Å²) in [4.78, 5) is 121. The van der Waals surface area contributed by atoms with Crippen LogP contribution in [0, 0.1) is 12.8 Å². The second-order valence-corrected chi connectivity index (χ2v) is 39.4. The lowest BCUT2D eigenvalue weighted by Gasteiger charge is -2.31. The molecule has 10 aromatic carbocycles. The monoisotopic (exact) mass is 2080 g/mol. The SMILES string of the molecule is CC(=O)c1ccc(NC(=O)c2cc(Cl)c(OC(C)C)c(OC(C)C)c2)cc1O.CC(=O)c1ccc(NC(=O)c2cc(Cl)c(OC3CCC3)c(OC3CCC3)c2)cc1.CC(=O)c1ccc(NC(=O)c2cc(Cl)c(OC3CCC3)c(OC3CCC3)c2)cc1C.CC(=O)c1ccc(NC(=O)c2cc(Cl)c(OC3CCC3)c(OC3CCC3)c2)cc1O.CCOc1c(Cl)cc(C(=O)Nc2ccc(C(C)=O)c(O)c2)cc1OCC1CC1. The van der Waals surface area contributed by atoms with E-state index < -0.39 is 17.7 Å². The molecule has 766 valence electrons. The van der Waals surface area contributed by atoms with Crippen LogP contribution >= 0.6 is 58.0 Å². The van der Waals surface area contributed by atoms with Gasteiger partial charge in [0.2, 0.25) is 0 Å². The van der Waals surface area contributed by atoms with Crippen molar-refractivity contribution in [3.8, 4) is 74.7 Å². The summed E-state index contributed by atoms with van der Waals surface area (Å²) in [6.07, 6.45) is 21.7. The summed E-state index contributed by atoms with van der Waals surface area (Å²) in [5.41, 5.74) is 6.64. The van der Waals surface area contributed by atoms with Gasteiger partial charge in [0, 0.05) is 85.6 Å². The maximum atomic E-state index is 12.9. The van der Waals surface area contributed by atoms with E-state index in [4.69, 9.17) is 105 Å². The van der Waals surface area contributed by atoms with Crippen LogP contribution < -0.4 is 74.0 Å². The van der Waals surface area contributed by atoms with Gasteiger partial charge in [0.05, 0.1) is 104 Å². The van der Waals surface area contributed by atoms with E-state index in [0.29, 0.717) is 154 Å². The molecule has 0 heterocycles. The van der Waals surface area contributed by atoms with Crippen LogP contribution in [0.3, 0.4) is 0 Å². The molecule has 0 unspecified atom stereocenters. The molecule has 28 nitrogen and oxygen atoms in total. The van der Waals surface area contributed by atoms with E-state index in [1.165, 1.54) is 89.2 Å². The van der Waals surface area contributed by atoms with Crippen molar-refractivity contribution < 1.29 is 111 Å². The number of benzene rings is 10. The number of ether oxygens (including phenoxy) is 10. The van der Waals surface area contributed by atoms with E-state index in [2.05, 4.69) is 26.6 Å². The molecule has 7 fully saturated rings. The lowest BCUT2D eigenvalue weighted by atomic mass is 9.95. The van der Waals surface area contributed by atoms with Gasteiger partial charge < -0.3 is 89.3 Å². The van der Waals surface area contributed by atoms with Gasteiger partial charge in [-0.1, -0.05) is 58.0 Å². The molecule has 10 aromatic rings. The zero-order valence-corrected chi connectivity index (χ0v) is 86.4. The van der Waals surface area contributed by atoms with Crippen LogP contribution in [-0.2, 0) is 0 Å². The molecule has 7 aliphatic carbocycles. The molecule has 7 saturated carbocycles. The number of nitrogens with one attached hydrogen (secondary N) is 5. The summed E-state index contributed by atoms with van der Waals surface area (Å²) in [6.45, 7) is 19.2. The van der Waals surface area contributed by atoms with Gasteiger partial charge in [0.15, 0.2) is 86.4 Å². The number of phenolic OH excluding ortho intramolecular Hbond substituents is 3. The third-order valence-corrected chi connectivity index (χ3v) is 26.3. The fourth-order valence-electron chi connectivity index (χ4n) is 15.3. The second-order valence-electron chi connectivity index (χ2n) is 37.3. The lowest BCUT2D eigenvalue weighted by molar-refractivity contribution is 0.0902. The first-order valence-corrected chi connectivity index (χ1v) is 50.7. The Hall–Kier alpha value is -13.3. The number of hydrogen-bond donors (Lipinski definition) is 8. The molecule has 0 radical (unpaired) electrons. The van der Waals surface area contributed by atoms with Crippen molar-refractivity contribution in [1.82, 2.24) is 0 Å². The van der Waals surface area contributed by atoms with Crippen LogP contribution in [0.25, 0.3) is 0 Å². The summed E-state index contributed by atoms with van der Waals surface area (Å²) >= 11 is 32.1. The van der Waals surface area contributed by atoms with Crippen LogP contribution in [0.2, 0.25) is 25.1 Å². The summed E-state index contributed by atoms with van der Waals surface area (Å²) in [5.74, 6) is 2.03. The van der Waals surface area contributed by atoms with E-state index in [-0.39, 0.29) is 139 Å². The number of Topliss-reactive ketones (excluding diaryl/α,β-unsaturated/α-hetero) is 5. The Morgan fingerprint density at radius 3 is 0.848 bits per heavy atom. The predicted molar refractivity (Wildman–Crippen MR) is 560 cm³/mol. The van der Waals surface area contributed by atoms with Gasteiger partial charge >= 0.3 is 0 Å². The summed E-state index contributed by atoms with van der Waals surface area (Å²) < 4.78 is 59.3. The predicted octanol–water partition coefficient (Wildman–Crippen LogP) is 26.7. The molecule has 8 N–H and O–H groups in total. The second kappa shape index (κ2) is 50.5. The molecule has 17 rings (SSSR count). The molecular weight excluding hydrogens is 1960 g/mol. The number of amides is 5. The van der Waals surface area contributed by atoms with E-state index >= 15 is 0 Å². The van der Waals surface area contributed by atoms with Crippen molar-refractivity contribution in [1.29, 1.82) is 0 Å². The molecule has 145 heavy (non-hydrogen) atoms. The number of aryl methyl sites for hydroxylation is 1. The zero-order valence-electron chi connectivity index (χ0n) is 82.7. The van der Waals surface area contributed by atoms with E-state index in [1.54, 1.807) is 103 Å². The third-order valence-electron chi connectivity index (χ3n) is 24.9. The highest BCUT2D eigenvalue weighted by atomic mass is 35.5. The highest BCUT2D eigenvalue weighted by Gasteiger charge is 2.34. The van der Waals surface area contributed by atoms with Crippen molar-refractivity contribution in [3.05, 3.63) is 244 Å². The van der Waals surface area contributed by atoms with Gasteiger partial charge in [0.1, 0.15) is 17.2 Å². The number of ketones is 5. The van der Waals surface area contributed by atoms with Crippen LogP contribution in [0.4, 0.5) is 28.4 Å². The van der Waals surface area contributed by atoms with Crippen molar-refractivity contribution in [2.45, 2.75) is 253 Å². The first-order valence-electron chi connectivity index (χ1n) is 48.8. The summed E-state index contributed by atoms with van der Waals surface area (Å²) in [6, 6.07) is 41.1. The van der Waals surface area contributed by atoms with Crippen molar-refractivity contribution in [3.63, 3.8) is 0 Å². The minimum atomic E-state index is -0.443. The van der Waals surface area contributed by atoms with Crippen molar-refractivity contribution in [2.75, 3.05) is 39.8 Å². The largest absolute Gasteiger partial charge is 0.507 e. The molecule has 0 aliphatic heterocycles. The molecule has 0 bridgehead atoms. The molecule has 0 aromatic heterocycles. The molecule has 33 heteroatoms. The summed E-state index contributed by atoms with van der Waals surface area (Å²) in [7, 11) is 0. The average Bonchev–Trinajstić information content (AvgIpc) is 0.934. The maximum Gasteiger partial charge on any atom is 0.255 e. The number of phenols is 3. The fourth-order valence-corrected chi connectivity index (χ4v) is 16.6. The van der Waals surface area contributed by atoms with Gasteiger partial charge in [-0.2, -0.15) is 0 Å². The Labute approximate surface area is 867 Å². The molecular formula is C112H120Cl5N5O23. The van der Waals surface area contributed by atoms with Crippen molar-refractivity contribution >= 4 is 145 Å². The Morgan fingerprint density at radius 1 is 0.297 bits per heavy atom. The Balaban J connectivity index is 0.000000152. The lowest BCUT2D eigenvalue weighted by Crippen LogP contribution is -2.27. The minimum Gasteiger partial charge on any atom is -0.507 e. The zero-order chi connectivity index (χ0) is 104. The highest BCUT2D eigenvalue weighted by Crippen LogP contribution is 2.48. The Morgan fingerprint density at radius 2 is 0.572 bits per heavy atom. The van der Waals surface area contributed by atoms with Gasteiger partial charge in [-0.25, -0.2) is 0 Å². The number of hydrogen-bond acceptors (Lipinski definition) is 23. The number of carbonyl (C=O) groups is 10. The minimum absolute atomic E-state index is 0.00278. The number of anilines is 5. The van der Waals surface area contributed by atoms with Crippen molar-refractivity contribution in [2.24, 2.45) is 5.92 Å². The standard InChI is InChI=1S/C24H26ClNO4.C23H24ClNO5.C23H24ClNO4.C21H22ClNO5.C21H24ClNO5/c1-14-11-17(9-10-20(14)15(2)27)26-24(28)16-12-21(25)23(30-19-7-4-8-19)22(13-16)29-18-5-3-6-18;1-13(26)18-9-8-15(12-20(18)27)25-23(28)14-10-19(24)22(30-17-6-3-7-17)21(11-14)29-16-4-2-5-16;1-14(26)15-8-10-17(11-9-15)25-23(27)16-12-20(24)22(29-19-6-3-7-19)21(13-16)28-18-4-2-5-18;1-3-27-20-17(22)8-14(9-19(20)28-11-13-4-5-13)21(26)23-15-6-7-16(12(2)24)18(25)10-15;1-11(2)27-19-9-14(8-17(22)20(19)28-12(3)4)21(26)23-15-6-7-16(13(5)24)18(25)10-15/h9-13,18-19H,3-8H2,1-2H3,(H,26,28);8-12,16-17,27H,2-7H2,1H3,(H,25,28);8-13,18-19H,2-7H2,1H3,(H,25,27);6-10,13,25H,3-5,11H2,1-2H3,(H,23,26);6-12,25H,1-5H3,(H,23,26). The Bertz CT molecular complexity index is 6300. The first-order chi connectivity index (χ1) is 69.3. The maximum absolute atomic E-state index is 12.9. The number of carbonyl (C=O) groups excluding carboxylic acids is 10. The summed E-state index contributed by atoms with van der Waals surface area (Å²) in [5, 5.41) is 45.3. The van der Waals surface area contributed by atoms with Crippen LogP contribution in [0.1, 0.15) is 307 Å². The number of halogens is 5. The molecule has 0 atom stereocenters. The van der Waals surface area contributed by atoms with Crippen LogP contribution in [0.15, 0.2) is 158 Å². The van der Waals surface area contributed by atoms with Gasteiger partial charge in [-0.15, -0.1) is 0 Å². The average molecular weight is 2080 g/mol. The Kier molecular flexibility index (Phi) is 38.0. The normalized spacial score (nSPS) is 14.7. The molecule has 5 amide bonds. The fraction of sp³-hybridized carbons (Fsp3) is 0.375. The number of aromatic hydroxyl groups is 3. The van der Waals surface area contributed by atoms with Gasteiger partial charge in [0.25, 0.3) is 29.5 Å². The van der Waals surface area contributed by atoms with E-state index in [1.807, 2.05) is 41.5 Å². The van der Waals surface area contributed by atoms with Gasteiger partial charge in [-0.3, -0.25) is 47.9 Å². The van der Waals surface area contributed by atoms with Crippen LogP contribution in [0.5, 0.6) is 74.7 Å². The third kappa shape index (κ3) is 30.2. The highest BCUT2D eigenvalue weighted by molar-refractivity contribution is 6.35. The molecule has 0 spiro atoms. The molecule has 0 saturated heterocycles.